The third-order valence-electron chi connectivity index (χ3n) is 4.45. The number of hydrogen-bond donors (Lipinski definition) is 2. The van der Waals surface area contributed by atoms with Gasteiger partial charge in [-0.1, -0.05) is 50.2 Å². The van der Waals surface area contributed by atoms with Gasteiger partial charge in [-0.15, -0.1) is 0 Å². The molecule has 3 rings (SSSR count). The van der Waals surface area contributed by atoms with Crippen molar-refractivity contribution in [1.29, 1.82) is 0 Å². The predicted octanol–water partition coefficient (Wildman–Crippen LogP) is 3.53. The summed E-state index contributed by atoms with van der Waals surface area (Å²) in [6, 6.07) is 16.6. The molecule has 0 saturated heterocycles. The van der Waals surface area contributed by atoms with Crippen LogP contribution in [0.3, 0.4) is 0 Å². The zero-order valence-corrected chi connectivity index (χ0v) is 14.8. The molecule has 1 heterocycles. The van der Waals surface area contributed by atoms with E-state index in [-0.39, 0.29) is 11.8 Å². The van der Waals surface area contributed by atoms with Gasteiger partial charge in [-0.3, -0.25) is 4.79 Å². The van der Waals surface area contributed by atoms with E-state index in [1.807, 2.05) is 42.6 Å². The smallest absolute Gasteiger partial charge is 0.326 e. The van der Waals surface area contributed by atoms with E-state index in [0.29, 0.717) is 12.1 Å². The van der Waals surface area contributed by atoms with E-state index in [4.69, 9.17) is 0 Å². The molecule has 2 N–H and O–H groups in total. The highest BCUT2D eigenvalue weighted by atomic mass is 16.4. The first-order valence-electron chi connectivity index (χ1n) is 8.62. The molecule has 0 aliphatic heterocycles. The Kier molecular flexibility index (Phi) is 5.07. The number of hydrogen-bond acceptors (Lipinski definition) is 2. The van der Waals surface area contributed by atoms with Gasteiger partial charge in [0.05, 0.1) is 0 Å². The highest BCUT2D eigenvalue weighted by Gasteiger charge is 2.24. The molecule has 5 heteroatoms. The summed E-state index contributed by atoms with van der Waals surface area (Å²) in [6.07, 6.45) is 1.99. The summed E-state index contributed by atoms with van der Waals surface area (Å²) < 4.78 is 2.08. The number of aromatic nitrogens is 1. The van der Waals surface area contributed by atoms with Crippen LogP contribution in [-0.2, 0) is 11.3 Å². The van der Waals surface area contributed by atoms with Crippen molar-refractivity contribution in [2.24, 2.45) is 5.92 Å². The lowest BCUT2D eigenvalue weighted by Crippen LogP contribution is -2.44. The Bertz CT molecular complexity index is 929. The van der Waals surface area contributed by atoms with Crippen LogP contribution in [0.4, 0.5) is 0 Å². The SMILES string of the molecule is CC(C)[C@@H](NC(=O)c1ccc2ccn(Cc3ccccc3)c2c1)C(=O)O. The maximum absolute atomic E-state index is 12.5. The lowest BCUT2D eigenvalue weighted by atomic mass is 10.0. The highest BCUT2D eigenvalue weighted by molar-refractivity contribution is 5.99. The number of amides is 1. The molecular weight excluding hydrogens is 328 g/mol. The van der Waals surface area contributed by atoms with Crippen molar-refractivity contribution in [3.63, 3.8) is 0 Å². The van der Waals surface area contributed by atoms with Crippen molar-refractivity contribution in [3.05, 3.63) is 71.9 Å². The minimum Gasteiger partial charge on any atom is -0.480 e. The van der Waals surface area contributed by atoms with Crippen LogP contribution in [0.25, 0.3) is 10.9 Å². The molecular formula is C21H22N2O3. The summed E-state index contributed by atoms with van der Waals surface area (Å²) in [4.78, 5) is 23.8. The van der Waals surface area contributed by atoms with E-state index in [0.717, 1.165) is 10.9 Å². The largest absolute Gasteiger partial charge is 0.480 e. The second-order valence-electron chi connectivity index (χ2n) is 6.74. The Hall–Kier alpha value is -3.08. The zero-order chi connectivity index (χ0) is 18.7. The van der Waals surface area contributed by atoms with Crippen molar-refractivity contribution >= 4 is 22.8 Å². The lowest BCUT2D eigenvalue weighted by Gasteiger charge is -2.18. The number of nitrogens with one attached hydrogen (secondary N) is 1. The van der Waals surface area contributed by atoms with Gasteiger partial charge in [-0.25, -0.2) is 4.79 Å². The monoisotopic (exact) mass is 350 g/mol. The summed E-state index contributed by atoms with van der Waals surface area (Å²) in [5.41, 5.74) is 2.57. The summed E-state index contributed by atoms with van der Waals surface area (Å²) in [5.74, 6) is -1.59. The van der Waals surface area contributed by atoms with Crippen LogP contribution in [0.15, 0.2) is 60.8 Å². The van der Waals surface area contributed by atoms with Crippen LogP contribution in [0.5, 0.6) is 0 Å². The van der Waals surface area contributed by atoms with Crippen LogP contribution < -0.4 is 5.32 Å². The molecule has 0 aliphatic rings. The van der Waals surface area contributed by atoms with Gasteiger partial charge in [0.1, 0.15) is 6.04 Å². The maximum Gasteiger partial charge on any atom is 0.326 e. The molecule has 0 unspecified atom stereocenters. The minimum absolute atomic E-state index is 0.192. The standard InChI is InChI=1S/C21H22N2O3/c1-14(2)19(21(25)26)22-20(24)17-9-8-16-10-11-23(18(16)12-17)13-15-6-4-3-5-7-15/h3-12,14,19H,13H2,1-2H3,(H,22,24)(H,25,26)/t19-/m1/s1. The van der Waals surface area contributed by atoms with E-state index >= 15 is 0 Å². The number of fused-ring (bicyclic) bond motifs is 1. The molecule has 26 heavy (non-hydrogen) atoms. The third-order valence-corrected chi connectivity index (χ3v) is 4.45. The first-order valence-corrected chi connectivity index (χ1v) is 8.62. The molecule has 3 aromatic rings. The lowest BCUT2D eigenvalue weighted by molar-refractivity contribution is -0.140. The van der Waals surface area contributed by atoms with Crippen molar-refractivity contribution < 1.29 is 14.7 Å². The molecule has 5 nitrogen and oxygen atoms in total. The highest BCUT2D eigenvalue weighted by Crippen LogP contribution is 2.19. The molecule has 1 aromatic heterocycles. The van der Waals surface area contributed by atoms with Crippen molar-refractivity contribution in [2.75, 3.05) is 0 Å². The van der Waals surface area contributed by atoms with E-state index in [1.54, 1.807) is 19.9 Å². The normalized spacial score (nSPS) is 12.3. The maximum atomic E-state index is 12.5. The molecule has 0 radical (unpaired) electrons. The first-order chi connectivity index (χ1) is 12.5. The fourth-order valence-corrected chi connectivity index (χ4v) is 2.98. The number of carboxylic acid groups (broad SMARTS) is 1. The zero-order valence-electron chi connectivity index (χ0n) is 14.8. The molecule has 0 aliphatic carbocycles. The van der Waals surface area contributed by atoms with Gasteiger partial charge < -0.3 is 15.0 Å². The van der Waals surface area contributed by atoms with Gasteiger partial charge in [0.2, 0.25) is 0 Å². The third kappa shape index (κ3) is 3.77. The quantitative estimate of drug-likeness (QED) is 0.714. The number of carbonyl (C=O) groups is 2. The predicted molar refractivity (Wildman–Crippen MR) is 101 cm³/mol. The van der Waals surface area contributed by atoms with Gasteiger partial charge in [0.15, 0.2) is 0 Å². The minimum atomic E-state index is -1.03. The first kappa shape index (κ1) is 17.7. The second-order valence-corrected chi connectivity index (χ2v) is 6.74. The van der Waals surface area contributed by atoms with Crippen LogP contribution in [0.1, 0.15) is 29.8 Å². The molecule has 0 bridgehead atoms. The summed E-state index contributed by atoms with van der Waals surface area (Å²) in [7, 11) is 0. The Balaban J connectivity index is 1.87. The second kappa shape index (κ2) is 7.44. The van der Waals surface area contributed by atoms with Crippen molar-refractivity contribution in [2.45, 2.75) is 26.4 Å². The fourth-order valence-electron chi connectivity index (χ4n) is 2.98. The number of carbonyl (C=O) groups excluding carboxylic acids is 1. The summed E-state index contributed by atoms with van der Waals surface area (Å²) in [6.45, 7) is 4.25. The molecule has 0 saturated carbocycles. The van der Waals surface area contributed by atoms with Crippen LogP contribution >= 0.6 is 0 Å². The molecule has 1 amide bonds. The van der Waals surface area contributed by atoms with E-state index in [2.05, 4.69) is 22.0 Å². The molecule has 0 fully saturated rings. The van der Waals surface area contributed by atoms with Gasteiger partial charge in [0.25, 0.3) is 5.91 Å². The van der Waals surface area contributed by atoms with Crippen molar-refractivity contribution in [3.8, 4) is 0 Å². The van der Waals surface area contributed by atoms with Crippen LogP contribution in [0, 0.1) is 5.92 Å². The number of rotatable bonds is 6. The summed E-state index contributed by atoms with van der Waals surface area (Å²) in [5, 5.41) is 12.9. The van der Waals surface area contributed by atoms with Gasteiger partial charge in [0, 0.05) is 23.8 Å². The Morgan fingerprint density at radius 3 is 2.46 bits per heavy atom. The fraction of sp³-hybridized carbons (Fsp3) is 0.238. The number of carboxylic acids is 1. The Morgan fingerprint density at radius 1 is 1.08 bits per heavy atom. The van der Waals surface area contributed by atoms with E-state index in [1.165, 1.54) is 5.56 Å². The van der Waals surface area contributed by atoms with Crippen LogP contribution in [0.2, 0.25) is 0 Å². The number of nitrogens with zero attached hydrogens (tertiary/aromatic N) is 1. The van der Waals surface area contributed by atoms with E-state index < -0.39 is 12.0 Å². The average Bonchev–Trinajstić information content (AvgIpc) is 3.02. The molecule has 134 valence electrons. The van der Waals surface area contributed by atoms with E-state index in [9.17, 15) is 14.7 Å². The molecule has 0 spiro atoms. The Morgan fingerprint density at radius 2 is 1.81 bits per heavy atom. The van der Waals surface area contributed by atoms with Crippen molar-refractivity contribution in [1.82, 2.24) is 9.88 Å². The Labute approximate surface area is 152 Å². The average molecular weight is 350 g/mol. The van der Waals surface area contributed by atoms with Crippen LogP contribution in [-0.4, -0.2) is 27.6 Å². The number of aliphatic carboxylic acids is 1. The molecule has 2 aromatic carbocycles. The number of benzene rings is 2. The molecule has 1 atom stereocenters. The van der Waals surface area contributed by atoms with Gasteiger partial charge >= 0.3 is 5.97 Å². The summed E-state index contributed by atoms with van der Waals surface area (Å²) >= 11 is 0. The van der Waals surface area contributed by atoms with Gasteiger partial charge in [-0.2, -0.15) is 0 Å². The van der Waals surface area contributed by atoms with Gasteiger partial charge in [-0.05, 0) is 35.1 Å². The topological polar surface area (TPSA) is 71.3 Å².